The molecule has 0 saturated carbocycles. The van der Waals surface area contributed by atoms with E-state index in [1.54, 1.807) is 37.0 Å². The van der Waals surface area contributed by atoms with Crippen LogP contribution in [0.15, 0.2) is 239 Å². The number of carbonyl (C=O) groups is 4. The predicted molar refractivity (Wildman–Crippen MR) is 329 cm³/mol. The van der Waals surface area contributed by atoms with Gasteiger partial charge in [0.1, 0.15) is 46.8 Å². The normalized spacial score (nSPS) is 14.8. The number of hydrogen-bond acceptors (Lipinski definition) is 15. The molecule has 2 aliphatic rings. The van der Waals surface area contributed by atoms with Crippen molar-refractivity contribution in [1.29, 1.82) is 0 Å². The molecule has 1 fully saturated rings. The number of carbonyl (C=O) groups excluding carboxylic acids is 2. The van der Waals surface area contributed by atoms with Gasteiger partial charge in [0, 0.05) is 33.9 Å². The molecule has 2 aliphatic heterocycles. The van der Waals surface area contributed by atoms with E-state index >= 15 is 0 Å². The number of aliphatic carboxylic acids is 2. The molecular weight excluding hydrogens is 1160 g/mol. The molecule has 0 bridgehead atoms. The quantitative estimate of drug-likeness (QED) is 0.00794. The maximum Gasteiger partial charge on any atom is 0.370 e. The number of carboxylic acids is 2. The zero-order chi connectivity index (χ0) is 60.3. The molecule has 18 nitrogen and oxygen atoms in total. The van der Waals surface area contributed by atoms with E-state index in [1.165, 1.54) is 56.6 Å². The minimum absolute atomic E-state index is 0.0311. The maximum absolute atomic E-state index is 14.9. The highest BCUT2D eigenvalue weighted by atomic mass is 32.2. The summed E-state index contributed by atoms with van der Waals surface area (Å²) in [5, 5.41) is 46.0. The summed E-state index contributed by atoms with van der Waals surface area (Å²) in [6.45, 7) is -0.621. The largest absolute Gasteiger partial charge is 0.618 e. The van der Waals surface area contributed by atoms with Crippen LogP contribution in [0.2, 0.25) is 0 Å². The molecule has 5 heterocycles. The first kappa shape index (κ1) is 58.8. The maximum atomic E-state index is 14.9. The van der Waals surface area contributed by atoms with Crippen molar-refractivity contribution < 1.29 is 57.7 Å². The number of nitrogens with zero attached hydrogens (tertiary/aromatic N) is 5. The van der Waals surface area contributed by atoms with E-state index in [0.29, 0.717) is 21.2 Å². The lowest BCUT2D eigenvalue weighted by Crippen LogP contribution is -2.71. The molecule has 87 heavy (non-hydrogen) atoms. The molecule has 11 rings (SSSR count). The molecule has 0 radical (unpaired) electrons. The lowest BCUT2D eigenvalue weighted by Gasteiger charge is -2.49. The van der Waals surface area contributed by atoms with Gasteiger partial charge >= 0.3 is 11.9 Å². The molecule has 438 valence electrons. The number of pyridine rings is 2. The fourth-order valence-electron chi connectivity index (χ4n) is 10.2. The number of aromatic nitrogens is 3. The molecule has 0 spiro atoms. The zero-order valence-corrected chi connectivity index (χ0v) is 49.0. The van der Waals surface area contributed by atoms with Crippen molar-refractivity contribution in [2.75, 3.05) is 23.9 Å². The van der Waals surface area contributed by atoms with Gasteiger partial charge in [0.2, 0.25) is 30.8 Å². The Morgan fingerprint density at radius 2 is 1.38 bits per heavy atom. The van der Waals surface area contributed by atoms with E-state index in [4.69, 9.17) is 24.0 Å². The molecule has 2 atom stereocenters. The number of β-lactam (4-membered cyclic amide) rings is 1. The summed E-state index contributed by atoms with van der Waals surface area (Å²) in [6, 6.07) is 60.1. The Balaban J connectivity index is 0.916. The molecule has 1 saturated heterocycles. The average Bonchev–Trinajstić information content (AvgIpc) is 2.33. The third kappa shape index (κ3) is 13.3. The van der Waals surface area contributed by atoms with E-state index in [-0.39, 0.29) is 59.0 Å². The first-order valence-corrected chi connectivity index (χ1v) is 30.3. The van der Waals surface area contributed by atoms with E-state index in [1.807, 2.05) is 176 Å². The summed E-state index contributed by atoms with van der Waals surface area (Å²) in [7, 11) is 1.58. The summed E-state index contributed by atoms with van der Waals surface area (Å²) in [6.07, 6.45) is 3.85. The zero-order valence-electron chi connectivity index (χ0n) is 46.6. The van der Waals surface area contributed by atoms with Crippen molar-refractivity contribution in [2.24, 2.45) is 5.16 Å². The van der Waals surface area contributed by atoms with Gasteiger partial charge in [0.05, 0.1) is 13.2 Å². The summed E-state index contributed by atoms with van der Waals surface area (Å²) >= 11 is 3.86. The van der Waals surface area contributed by atoms with Crippen molar-refractivity contribution in [3.63, 3.8) is 0 Å². The number of nitrogens with one attached hydrogen (secondary N) is 2. The minimum atomic E-state index is -1.30. The topological polar surface area (TPSA) is 229 Å². The number of thiazole rings is 1. The Labute approximate surface area is 513 Å². The molecule has 0 aliphatic carbocycles. The van der Waals surface area contributed by atoms with Crippen LogP contribution in [0.25, 0.3) is 0 Å². The highest BCUT2D eigenvalue weighted by Crippen LogP contribution is 2.43. The van der Waals surface area contributed by atoms with Crippen molar-refractivity contribution in [3.8, 4) is 17.2 Å². The third-order valence-corrected chi connectivity index (χ3v) is 17.6. The Morgan fingerprint density at radius 3 is 1.94 bits per heavy atom. The first-order chi connectivity index (χ1) is 42.4. The molecule has 0 unspecified atom stereocenters. The smallest absolute Gasteiger partial charge is 0.370 e. The Kier molecular flexibility index (Phi) is 18.2. The second-order valence-corrected chi connectivity index (χ2v) is 23.0. The molecular formula is C66H56N7O11S3+. The monoisotopic (exact) mass is 1220 g/mol. The number of anilines is 1. The van der Waals surface area contributed by atoms with E-state index in [2.05, 4.69) is 15.8 Å². The number of methoxy groups -OCH3 is 1. The van der Waals surface area contributed by atoms with Crippen molar-refractivity contribution in [1.82, 2.24) is 15.2 Å². The van der Waals surface area contributed by atoms with E-state index in [0.717, 1.165) is 38.3 Å². The molecule has 4 N–H and O–H groups in total. The van der Waals surface area contributed by atoms with Gasteiger partial charge in [-0.2, -0.15) is 9.30 Å². The van der Waals surface area contributed by atoms with Crippen LogP contribution in [0.3, 0.4) is 0 Å². The van der Waals surface area contributed by atoms with Gasteiger partial charge in [-0.25, -0.2) is 14.6 Å². The fourth-order valence-corrected chi connectivity index (χ4v) is 13.3. The van der Waals surface area contributed by atoms with E-state index < -0.39 is 53.4 Å². The second-order valence-electron chi connectivity index (χ2n) is 20.0. The average molecular weight is 1220 g/mol. The molecule has 2 amide bonds. The molecule has 6 aromatic carbocycles. The third-order valence-electron chi connectivity index (χ3n) is 14.4. The van der Waals surface area contributed by atoms with Crippen molar-refractivity contribution in [2.45, 2.75) is 47.7 Å². The predicted octanol–water partition coefficient (Wildman–Crippen LogP) is 9.76. The molecule has 9 aromatic rings. The SMILES string of the molecule is COc1ccc(COc2c[n+]([O-])c(CO/N=C(\C(=O)N[C@@H]3C(=O)N4C(C(=O)O)=C(CSc5cc[n+](CC(=O)O)cc5)CS[C@H]34)c3csc(NC(c4ccccc4)(c4ccccc4)c4ccccc4)n3)cc2OC(c2ccccc2)c2ccccc2)cc1. The second kappa shape index (κ2) is 27.0. The van der Waals surface area contributed by atoms with Crippen LogP contribution in [0.4, 0.5) is 5.13 Å². The molecule has 21 heteroatoms. The highest BCUT2D eigenvalue weighted by molar-refractivity contribution is 8.01. The van der Waals surface area contributed by atoms with E-state index in [9.17, 15) is 34.6 Å². The summed E-state index contributed by atoms with van der Waals surface area (Å²) < 4.78 is 20.6. The summed E-state index contributed by atoms with van der Waals surface area (Å²) in [5.41, 5.74) is 4.27. The highest BCUT2D eigenvalue weighted by Gasteiger charge is 2.54. The summed E-state index contributed by atoms with van der Waals surface area (Å²) in [5.74, 6) is -2.30. The van der Waals surface area contributed by atoms with Crippen LogP contribution in [-0.4, -0.2) is 79.6 Å². The molecule has 3 aromatic heterocycles. The minimum Gasteiger partial charge on any atom is -0.618 e. The van der Waals surface area contributed by atoms with Crippen molar-refractivity contribution >= 4 is 69.5 Å². The first-order valence-electron chi connectivity index (χ1n) is 27.4. The van der Waals surface area contributed by atoms with Crippen LogP contribution in [0, 0.1) is 5.21 Å². The lowest BCUT2D eigenvalue weighted by molar-refractivity contribution is -0.686. The number of benzene rings is 6. The van der Waals surface area contributed by atoms with Gasteiger partial charge < -0.3 is 45.1 Å². The van der Waals surface area contributed by atoms with Gasteiger partial charge in [-0.15, -0.1) is 34.9 Å². The summed E-state index contributed by atoms with van der Waals surface area (Å²) in [4.78, 5) is 66.2. The van der Waals surface area contributed by atoms with Crippen molar-refractivity contribution in [3.05, 3.63) is 279 Å². The van der Waals surface area contributed by atoms with Crippen LogP contribution in [0.1, 0.15) is 50.9 Å². The van der Waals surface area contributed by atoms with Crippen LogP contribution >= 0.6 is 34.9 Å². The van der Waals surface area contributed by atoms with Gasteiger partial charge in [-0.1, -0.05) is 169 Å². The van der Waals surface area contributed by atoms with Gasteiger partial charge in [0.15, 0.2) is 29.0 Å². The standard InChI is InChI=1S/C66H55N7O11S3/c1-81-51-29-27-43(28-30-51)38-82-55-36-72(80)50(35-54(55)84-60(44-17-7-2-8-18-44)45-19-9-3-10-20-45)39-83-70-57(53-42-87-65(67-53)69-66(47-21-11-4-12-22-47,48-23-13-5-14-24-48)49-25-15-6-16-26-49)61(76)68-58-62(77)73-59(64(78)79)46(41-86-63(58)73)40-85-52-31-33-71(34-32-52)37-56(74)75/h2-36,42,58,60,63H,37-41H2,1H3,(H3-,67,68,69,74,75,76,78,79)/p+1/b70-57-/t58-,63-/m1/s1. The van der Waals surface area contributed by atoms with Crippen LogP contribution in [-0.2, 0) is 49.3 Å². The number of amides is 2. The Hall–Kier alpha value is -9.96. The van der Waals surface area contributed by atoms with Gasteiger partial charge in [-0.05, 0) is 51.1 Å². The number of hydrogen-bond donors (Lipinski definition) is 4. The van der Waals surface area contributed by atoms with Crippen LogP contribution in [0.5, 0.6) is 17.2 Å². The van der Waals surface area contributed by atoms with Gasteiger partial charge in [-0.3, -0.25) is 14.5 Å². The number of ether oxygens (including phenoxy) is 3. The number of thioether (sulfide) groups is 2. The van der Waals surface area contributed by atoms with Crippen LogP contribution < -0.4 is 34.1 Å². The number of carboxylic acid groups (broad SMARTS) is 2. The number of fused-ring (bicyclic) bond motifs is 1. The van der Waals surface area contributed by atoms with Gasteiger partial charge in [0.25, 0.3) is 11.8 Å². The Bertz CT molecular complexity index is 3820. The number of rotatable bonds is 25. The lowest BCUT2D eigenvalue weighted by atomic mass is 9.77. The fraction of sp³-hybridized carbons (Fsp3) is 0.152. The Morgan fingerprint density at radius 1 is 0.793 bits per heavy atom. The number of oxime groups is 1.